The fourth-order valence-corrected chi connectivity index (χ4v) is 7.57. The summed E-state index contributed by atoms with van der Waals surface area (Å²) in [7, 11) is 0. The standard InChI is InChI=1S/C59H102O13/c1-4-7-10-13-16-28-37-46-67-53(61)40-31-22-19-25-34-43-56(64)70-50-59(49-60,51-71-57(65)44-35-26-20-23-32-41-54(62)68-47-38-29-17-14-11-8-5-2)52-72-58(66)45-36-27-21-24-33-42-55(63)69-48-39-30-18-15-12-9-6-3/h16-18,28-30,60H,4-15,19-27,31-52H2,1-3H3/b28-16-,29-17-,30-18-. The number of hydrogen-bond donors (Lipinski definition) is 1. The molecule has 1 N–H and O–H groups in total. The quantitative estimate of drug-likeness (QED) is 0.0264. The topological polar surface area (TPSA) is 178 Å². The molecule has 72 heavy (non-hydrogen) atoms. The summed E-state index contributed by atoms with van der Waals surface area (Å²) in [6.45, 7) is 6.31. The van der Waals surface area contributed by atoms with Crippen LogP contribution in [0.5, 0.6) is 0 Å². The highest BCUT2D eigenvalue weighted by molar-refractivity contribution is 5.71. The van der Waals surface area contributed by atoms with Gasteiger partial charge in [-0.05, 0) is 96.3 Å². The zero-order chi connectivity index (χ0) is 52.9. The number of carbonyl (C=O) groups excluding carboxylic acids is 6. The third-order valence-electron chi connectivity index (χ3n) is 12.3. The Morgan fingerprint density at radius 2 is 0.528 bits per heavy atom. The minimum atomic E-state index is -1.33. The fraction of sp³-hybridized carbons (Fsp3) is 0.797. The van der Waals surface area contributed by atoms with Crippen LogP contribution >= 0.6 is 0 Å². The smallest absolute Gasteiger partial charge is 0.305 e. The van der Waals surface area contributed by atoms with E-state index in [9.17, 15) is 33.9 Å². The van der Waals surface area contributed by atoms with Gasteiger partial charge in [-0.15, -0.1) is 0 Å². The largest absolute Gasteiger partial charge is 0.465 e. The predicted octanol–water partition coefficient (Wildman–Crippen LogP) is 14.0. The van der Waals surface area contributed by atoms with E-state index in [0.717, 1.165) is 116 Å². The molecule has 0 fully saturated rings. The first kappa shape index (κ1) is 68.0. The van der Waals surface area contributed by atoms with Crippen LogP contribution < -0.4 is 0 Å². The molecule has 13 nitrogen and oxygen atoms in total. The summed E-state index contributed by atoms with van der Waals surface area (Å²) in [6, 6.07) is 0. The number of aliphatic hydroxyl groups is 1. The zero-order valence-corrected chi connectivity index (χ0v) is 45.7. The maximum atomic E-state index is 12.8. The lowest BCUT2D eigenvalue weighted by Gasteiger charge is -2.30. The molecule has 0 radical (unpaired) electrons. The molecular formula is C59H102O13. The van der Waals surface area contributed by atoms with Crippen molar-refractivity contribution >= 4 is 35.8 Å². The predicted molar refractivity (Wildman–Crippen MR) is 286 cm³/mol. The number of unbranched alkanes of at least 4 members (excludes halogenated alkanes) is 21. The van der Waals surface area contributed by atoms with Crippen molar-refractivity contribution in [1.82, 2.24) is 0 Å². The Bertz CT molecular complexity index is 1270. The molecule has 416 valence electrons. The summed E-state index contributed by atoms with van der Waals surface area (Å²) in [6.07, 6.45) is 41.8. The van der Waals surface area contributed by atoms with Gasteiger partial charge in [0.25, 0.3) is 0 Å². The molecule has 0 saturated heterocycles. The second-order valence-electron chi connectivity index (χ2n) is 19.4. The molecule has 0 saturated carbocycles. The average molecular weight is 1020 g/mol. The maximum Gasteiger partial charge on any atom is 0.305 e. The van der Waals surface area contributed by atoms with Gasteiger partial charge in [0.2, 0.25) is 0 Å². The van der Waals surface area contributed by atoms with Crippen LogP contribution in [-0.4, -0.2) is 87.2 Å². The summed E-state index contributed by atoms with van der Waals surface area (Å²) >= 11 is 0. The van der Waals surface area contributed by atoms with Crippen molar-refractivity contribution in [3.05, 3.63) is 36.5 Å². The number of aliphatic hydroxyl groups excluding tert-OH is 1. The second-order valence-corrected chi connectivity index (χ2v) is 19.4. The van der Waals surface area contributed by atoms with Gasteiger partial charge in [0.1, 0.15) is 19.8 Å². The van der Waals surface area contributed by atoms with Gasteiger partial charge in [0.05, 0.1) is 31.8 Å². The van der Waals surface area contributed by atoms with Gasteiger partial charge < -0.3 is 33.5 Å². The van der Waals surface area contributed by atoms with E-state index in [1.807, 2.05) is 0 Å². The fourth-order valence-electron chi connectivity index (χ4n) is 7.57. The molecule has 0 rings (SSSR count). The van der Waals surface area contributed by atoms with E-state index in [2.05, 4.69) is 57.2 Å². The van der Waals surface area contributed by atoms with Crippen molar-refractivity contribution < 1.29 is 62.3 Å². The number of rotatable bonds is 52. The molecule has 0 heterocycles. The first-order valence-electron chi connectivity index (χ1n) is 28.6. The first-order valence-corrected chi connectivity index (χ1v) is 28.6. The Kier molecular flexibility index (Phi) is 49.0. The normalized spacial score (nSPS) is 11.7. The number of esters is 6. The van der Waals surface area contributed by atoms with E-state index in [1.54, 1.807) is 0 Å². The highest BCUT2D eigenvalue weighted by atomic mass is 16.6. The lowest BCUT2D eigenvalue weighted by Crippen LogP contribution is -2.42. The van der Waals surface area contributed by atoms with Crippen LogP contribution in [0.3, 0.4) is 0 Å². The van der Waals surface area contributed by atoms with E-state index in [0.29, 0.717) is 58.3 Å². The molecule has 0 aromatic carbocycles. The van der Waals surface area contributed by atoms with Gasteiger partial charge in [-0.25, -0.2) is 0 Å². The van der Waals surface area contributed by atoms with Crippen molar-refractivity contribution in [3.63, 3.8) is 0 Å². The summed E-state index contributed by atoms with van der Waals surface area (Å²) in [4.78, 5) is 74.6. The van der Waals surface area contributed by atoms with E-state index in [4.69, 9.17) is 28.4 Å². The summed E-state index contributed by atoms with van der Waals surface area (Å²) in [5, 5.41) is 10.6. The van der Waals surface area contributed by atoms with Crippen LogP contribution in [0.2, 0.25) is 0 Å². The number of carbonyl (C=O) groups is 6. The van der Waals surface area contributed by atoms with E-state index >= 15 is 0 Å². The number of ether oxygens (including phenoxy) is 6. The van der Waals surface area contributed by atoms with Gasteiger partial charge in [0, 0.05) is 38.5 Å². The third kappa shape index (κ3) is 47.0. The molecule has 0 aromatic rings. The van der Waals surface area contributed by atoms with Crippen LogP contribution in [0.1, 0.15) is 252 Å². The van der Waals surface area contributed by atoms with E-state index < -0.39 is 29.9 Å². The van der Waals surface area contributed by atoms with Crippen molar-refractivity contribution in [3.8, 4) is 0 Å². The van der Waals surface area contributed by atoms with Gasteiger partial charge in [-0.2, -0.15) is 0 Å². The lowest BCUT2D eigenvalue weighted by molar-refractivity contribution is -0.165. The third-order valence-corrected chi connectivity index (χ3v) is 12.3. The molecule has 0 aliphatic carbocycles. The highest BCUT2D eigenvalue weighted by Gasteiger charge is 2.35. The molecule has 0 aliphatic heterocycles. The van der Waals surface area contributed by atoms with E-state index in [-0.39, 0.29) is 57.0 Å². The van der Waals surface area contributed by atoms with Gasteiger partial charge >= 0.3 is 35.8 Å². The van der Waals surface area contributed by atoms with E-state index in [1.165, 1.54) is 57.8 Å². The Labute approximate surface area is 436 Å². The lowest BCUT2D eigenvalue weighted by atomic mass is 9.92. The average Bonchev–Trinajstić information content (AvgIpc) is 3.37. The zero-order valence-electron chi connectivity index (χ0n) is 45.7. The SMILES string of the molecule is CCCCC/C=C\CCOC(=O)CCCCCCCC(=O)OCC(CO)(COC(=O)CCCCCCCC(=O)OCC/C=C\CCCCC)COC(=O)CCCCCCCC(=O)OCC/C=C\CCCCC. The monoisotopic (exact) mass is 1020 g/mol. The summed E-state index contributed by atoms with van der Waals surface area (Å²) in [5.41, 5.74) is -1.33. The van der Waals surface area contributed by atoms with Crippen LogP contribution in [0.25, 0.3) is 0 Å². The molecule has 13 heteroatoms. The molecule has 0 spiro atoms. The minimum Gasteiger partial charge on any atom is -0.465 e. The minimum absolute atomic E-state index is 0.158. The van der Waals surface area contributed by atoms with Crippen molar-refractivity contribution in [2.75, 3.05) is 46.2 Å². The Morgan fingerprint density at radius 3 is 0.764 bits per heavy atom. The summed E-state index contributed by atoms with van der Waals surface area (Å²) < 4.78 is 32.7. The van der Waals surface area contributed by atoms with Crippen molar-refractivity contribution in [1.29, 1.82) is 0 Å². The van der Waals surface area contributed by atoms with Crippen LogP contribution in [0.4, 0.5) is 0 Å². The molecule has 0 atom stereocenters. The van der Waals surface area contributed by atoms with Crippen LogP contribution in [-0.2, 0) is 57.2 Å². The van der Waals surface area contributed by atoms with Crippen LogP contribution in [0.15, 0.2) is 36.5 Å². The Balaban J connectivity index is 4.74. The van der Waals surface area contributed by atoms with Gasteiger partial charge in [-0.1, -0.05) is 154 Å². The molecule has 0 bridgehead atoms. The Hall–Kier alpha value is -4.00. The Morgan fingerprint density at radius 1 is 0.306 bits per heavy atom. The number of allylic oxidation sites excluding steroid dienone is 3. The first-order chi connectivity index (χ1) is 35.1. The second kappa shape index (κ2) is 51.9. The molecular weight excluding hydrogens is 917 g/mol. The molecule has 0 amide bonds. The highest BCUT2D eigenvalue weighted by Crippen LogP contribution is 2.22. The summed E-state index contributed by atoms with van der Waals surface area (Å²) in [5.74, 6) is -1.97. The molecule has 0 aliphatic rings. The van der Waals surface area contributed by atoms with Crippen LogP contribution in [0, 0.1) is 5.41 Å². The maximum absolute atomic E-state index is 12.8. The van der Waals surface area contributed by atoms with Crippen molar-refractivity contribution in [2.24, 2.45) is 5.41 Å². The van der Waals surface area contributed by atoms with Gasteiger partial charge in [0.15, 0.2) is 0 Å². The molecule has 0 unspecified atom stereocenters. The van der Waals surface area contributed by atoms with Crippen molar-refractivity contribution in [2.45, 2.75) is 252 Å². The number of hydrogen-bond acceptors (Lipinski definition) is 13. The molecule has 0 aromatic heterocycles. The van der Waals surface area contributed by atoms with Gasteiger partial charge in [-0.3, -0.25) is 28.8 Å².